The van der Waals surface area contributed by atoms with Gasteiger partial charge in [0.25, 0.3) is 5.91 Å². The van der Waals surface area contributed by atoms with Crippen LogP contribution < -0.4 is 5.32 Å². The van der Waals surface area contributed by atoms with Crippen molar-refractivity contribution < 1.29 is 14.4 Å². The molecule has 1 aromatic rings. The second-order valence-electron chi connectivity index (χ2n) is 4.78. The molecule has 6 nitrogen and oxygen atoms in total. The second-order valence-corrected chi connectivity index (χ2v) is 5.80. The van der Waals surface area contributed by atoms with Gasteiger partial charge >= 0.3 is 0 Å². The number of anilines is 1. The fourth-order valence-corrected chi connectivity index (χ4v) is 3.04. The van der Waals surface area contributed by atoms with Gasteiger partial charge < -0.3 is 15.1 Å². The summed E-state index contributed by atoms with van der Waals surface area (Å²) in [5.74, 6) is 0.101. The van der Waals surface area contributed by atoms with Crippen LogP contribution in [0.3, 0.4) is 0 Å². The Labute approximate surface area is 120 Å². The van der Waals surface area contributed by atoms with Crippen LogP contribution in [0.1, 0.15) is 10.4 Å². The number of hydrogen-bond donors (Lipinski definition) is 1. The molecular weight excluding hydrogens is 278 g/mol. The second kappa shape index (κ2) is 4.82. The smallest absolute Gasteiger partial charge is 0.255 e. The van der Waals surface area contributed by atoms with Crippen molar-refractivity contribution in [2.24, 2.45) is 0 Å². The summed E-state index contributed by atoms with van der Waals surface area (Å²) in [4.78, 5) is 39.0. The number of carbonyl (C=O) groups excluding carboxylic acids is 3. The third-order valence-corrected chi connectivity index (χ3v) is 4.34. The van der Waals surface area contributed by atoms with E-state index in [0.29, 0.717) is 18.0 Å². The summed E-state index contributed by atoms with van der Waals surface area (Å²) in [6, 6.07) is 5.18. The van der Waals surface area contributed by atoms with E-state index in [1.54, 1.807) is 25.2 Å². The Morgan fingerprint density at radius 3 is 2.85 bits per heavy atom. The molecule has 0 unspecified atom stereocenters. The van der Waals surface area contributed by atoms with E-state index in [2.05, 4.69) is 5.32 Å². The van der Waals surface area contributed by atoms with E-state index < -0.39 is 0 Å². The number of likely N-dealkylation sites (N-methyl/N-ethyl adjacent to an activating group) is 1. The van der Waals surface area contributed by atoms with Crippen molar-refractivity contribution in [2.45, 2.75) is 4.90 Å². The zero-order valence-electron chi connectivity index (χ0n) is 10.9. The third kappa shape index (κ3) is 2.24. The van der Waals surface area contributed by atoms with Crippen LogP contribution in [0.15, 0.2) is 23.1 Å². The van der Waals surface area contributed by atoms with Gasteiger partial charge in [-0.25, -0.2) is 0 Å². The van der Waals surface area contributed by atoms with Crippen LogP contribution in [0.2, 0.25) is 0 Å². The van der Waals surface area contributed by atoms with E-state index in [1.807, 2.05) is 0 Å². The lowest BCUT2D eigenvalue weighted by Crippen LogP contribution is -2.30. The van der Waals surface area contributed by atoms with Crippen LogP contribution in [-0.2, 0) is 9.59 Å². The number of nitrogens with one attached hydrogen (secondary N) is 1. The standard InChI is InChI=1S/C13H13N3O3S/c1-15-7-16(5-12(15)18)13(19)8-2-3-9-10(4-8)20-6-11(17)14-9/h2-4H,5-7H2,1H3,(H,14,17). The predicted molar refractivity (Wildman–Crippen MR) is 74.5 cm³/mol. The summed E-state index contributed by atoms with van der Waals surface area (Å²) in [5, 5.41) is 2.76. The number of rotatable bonds is 1. The van der Waals surface area contributed by atoms with Crippen molar-refractivity contribution in [3.8, 4) is 0 Å². The molecule has 0 aliphatic carbocycles. The van der Waals surface area contributed by atoms with Gasteiger partial charge in [-0.1, -0.05) is 0 Å². The predicted octanol–water partition coefficient (Wildman–Crippen LogP) is 0.603. The van der Waals surface area contributed by atoms with Crippen LogP contribution in [-0.4, -0.2) is 53.5 Å². The summed E-state index contributed by atoms with van der Waals surface area (Å²) in [5.41, 5.74) is 1.27. The normalized spacial score (nSPS) is 18.1. The molecular formula is C13H13N3O3S. The lowest BCUT2D eigenvalue weighted by atomic mass is 10.1. The quantitative estimate of drug-likeness (QED) is 0.823. The first-order valence-corrected chi connectivity index (χ1v) is 7.13. The van der Waals surface area contributed by atoms with E-state index in [1.165, 1.54) is 21.6 Å². The van der Waals surface area contributed by atoms with Crippen LogP contribution in [0.4, 0.5) is 5.69 Å². The minimum absolute atomic E-state index is 0.0339. The van der Waals surface area contributed by atoms with Gasteiger partial charge in [0, 0.05) is 17.5 Å². The summed E-state index contributed by atoms with van der Waals surface area (Å²) >= 11 is 1.41. The minimum atomic E-state index is -0.164. The lowest BCUT2D eigenvalue weighted by molar-refractivity contribution is -0.125. The number of carbonyl (C=O) groups is 3. The third-order valence-electron chi connectivity index (χ3n) is 3.28. The van der Waals surface area contributed by atoms with E-state index in [-0.39, 0.29) is 24.3 Å². The van der Waals surface area contributed by atoms with Crippen molar-refractivity contribution in [1.29, 1.82) is 0 Å². The van der Waals surface area contributed by atoms with E-state index in [4.69, 9.17) is 0 Å². The first kappa shape index (κ1) is 13.0. The van der Waals surface area contributed by atoms with Gasteiger partial charge in [-0.15, -0.1) is 11.8 Å². The Balaban J connectivity index is 1.83. The molecule has 7 heteroatoms. The summed E-state index contributed by atoms with van der Waals surface area (Å²) in [6.45, 7) is 0.439. The van der Waals surface area contributed by atoms with E-state index >= 15 is 0 Å². The van der Waals surface area contributed by atoms with Crippen molar-refractivity contribution in [3.05, 3.63) is 23.8 Å². The molecule has 0 bridgehead atoms. The zero-order valence-corrected chi connectivity index (χ0v) is 11.7. The molecule has 3 rings (SSSR count). The Morgan fingerprint density at radius 2 is 2.15 bits per heavy atom. The molecule has 1 N–H and O–H groups in total. The summed E-state index contributed by atoms with van der Waals surface area (Å²) < 4.78 is 0. The molecule has 0 saturated carbocycles. The Kier molecular flexibility index (Phi) is 3.13. The number of thioether (sulfide) groups is 1. The molecule has 2 aliphatic heterocycles. The first-order valence-electron chi connectivity index (χ1n) is 6.14. The molecule has 0 aromatic heterocycles. The maximum Gasteiger partial charge on any atom is 0.255 e. The average molecular weight is 291 g/mol. The highest BCUT2D eigenvalue weighted by Gasteiger charge is 2.29. The van der Waals surface area contributed by atoms with Crippen LogP contribution in [0.25, 0.3) is 0 Å². The fraction of sp³-hybridized carbons (Fsp3) is 0.308. The number of hydrogen-bond acceptors (Lipinski definition) is 4. The molecule has 1 fully saturated rings. The number of nitrogens with zero attached hydrogens (tertiary/aromatic N) is 2. The summed E-state index contributed by atoms with van der Waals surface area (Å²) in [7, 11) is 1.67. The maximum atomic E-state index is 12.3. The van der Waals surface area contributed by atoms with Gasteiger partial charge in [0.05, 0.1) is 18.1 Å². The molecule has 3 amide bonds. The first-order chi connectivity index (χ1) is 9.54. The van der Waals surface area contributed by atoms with E-state index in [0.717, 1.165) is 10.6 Å². The Hall–Kier alpha value is -2.02. The number of benzene rings is 1. The van der Waals surface area contributed by atoms with Crippen LogP contribution >= 0.6 is 11.8 Å². The Morgan fingerprint density at radius 1 is 1.35 bits per heavy atom. The molecule has 1 aromatic carbocycles. The van der Waals surface area contributed by atoms with Crippen molar-refractivity contribution in [2.75, 3.05) is 31.3 Å². The maximum absolute atomic E-state index is 12.3. The SMILES string of the molecule is CN1CN(C(=O)c2ccc3c(c2)SCC(=O)N3)CC1=O. The van der Waals surface area contributed by atoms with Gasteiger partial charge in [-0.3, -0.25) is 14.4 Å². The van der Waals surface area contributed by atoms with Gasteiger partial charge in [0.2, 0.25) is 11.8 Å². The van der Waals surface area contributed by atoms with Gasteiger partial charge in [0.15, 0.2) is 0 Å². The minimum Gasteiger partial charge on any atom is -0.326 e. The largest absolute Gasteiger partial charge is 0.326 e. The highest BCUT2D eigenvalue weighted by molar-refractivity contribution is 8.00. The van der Waals surface area contributed by atoms with Gasteiger partial charge in [0.1, 0.15) is 6.54 Å². The average Bonchev–Trinajstić information content (AvgIpc) is 2.77. The molecule has 0 radical (unpaired) electrons. The fourth-order valence-electron chi connectivity index (χ4n) is 2.20. The monoisotopic (exact) mass is 291 g/mol. The Bertz CT molecular complexity index is 617. The van der Waals surface area contributed by atoms with E-state index in [9.17, 15) is 14.4 Å². The highest BCUT2D eigenvalue weighted by Crippen LogP contribution is 2.32. The lowest BCUT2D eigenvalue weighted by Gasteiger charge is -2.19. The van der Waals surface area contributed by atoms with Crippen LogP contribution in [0, 0.1) is 0 Å². The molecule has 0 spiro atoms. The van der Waals surface area contributed by atoms with Crippen molar-refractivity contribution in [3.63, 3.8) is 0 Å². The highest BCUT2D eigenvalue weighted by atomic mass is 32.2. The molecule has 2 aliphatic rings. The molecule has 2 heterocycles. The zero-order chi connectivity index (χ0) is 14.3. The molecule has 20 heavy (non-hydrogen) atoms. The molecule has 1 saturated heterocycles. The van der Waals surface area contributed by atoms with Crippen LogP contribution in [0.5, 0.6) is 0 Å². The number of fused-ring (bicyclic) bond motifs is 1. The van der Waals surface area contributed by atoms with Crippen molar-refractivity contribution >= 4 is 35.2 Å². The molecule has 104 valence electrons. The van der Waals surface area contributed by atoms with Crippen molar-refractivity contribution in [1.82, 2.24) is 9.80 Å². The summed E-state index contributed by atoms with van der Waals surface area (Å²) in [6.07, 6.45) is 0. The van der Waals surface area contributed by atoms with Gasteiger partial charge in [-0.05, 0) is 18.2 Å². The molecule has 0 atom stereocenters. The topological polar surface area (TPSA) is 69.7 Å². The number of amides is 3. The van der Waals surface area contributed by atoms with Gasteiger partial charge in [-0.2, -0.15) is 0 Å².